The van der Waals surface area contributed by atoms with Crippen LogP contribution in [0.15, 0.2) is 4.99 Å². The van der Waals surface area contributed by atoms with Gasteiger partial charge in [-0.25, -0.2) is 0 Å². The van der Waals surface area contributed by atoms with Crippen LogP contribution in [0.5, 0.6) is 0 Å². The zero-order valence-electron chi connectivity index (χ0n) is 14.1. The largest absolute Gasteiger partial charge is 0.480 e. The van der Waals surface area contributed by atoms with Crippen LogP contribution in [0.3, 0.4) is 0 Å². The summed E-state index contributed by atoms with van der Waals surface area (Å²) >= 11 is 0. The van der Waals surface area contributed by atoms with Crippen molar-refractivity contribution in [2.45, 2.75) is 24.9 Å². The summed E-state index contributed by atoms with van der Waals surface area (Å²) in [5, 5.41) is 24.5. The molecule has 0 bridgehead atoms. The number of aliphatic hydroxyl groups is 1. The van der Waals surface area contributed by atoms with E-state index in [2.05, 4.69) is 20.9 Å². The normalized spacial score (nSPS) is 12.4. The van der Waals surface area contributed by atoms with Gasteiger partial charge in [0.1, 0.15) is 18.6 Å². The molecule has 0 rings (SSSR count). The second-order valence-corrected chi connectivity index (χ2v) is 5.13. The number of nitrogens with two attached hydrogens (primary N) is 3. The third-order valence-corrected chi connectivity index (χ3v) is 3.01. The molecule has 0 saturated heterocycles. The first-order valence-corrected chi connectivity index (χ1v) is 7.66. The number of hydrogen-bond donors (Lipinski definition) is 8. The summed E-state index contributed by atoms with van der Waals surface area (Å²) in [6.45, 7) is -1.54. The number of nitrogens with one attached hydrogen (secondary N) is 3. The lowest BCUT2D eigenvalue weighted by atomic mass is 10.1. The number of nitrogens with zero attached hydrogens (tertiary/aromatic N) is 1. The van der Waals surface area contributed by atoms with Gasteiger partial charge in [-0.15, -0.1) is 0 Å². The van der Waals surface area contributed by atoms with Crippen LogP contribution in [0.2, 0.25) is 0 Å². The first-order chi connectivity index (χ1) is 12.2. The minimum Gasteiger partial charge on any atom is -0.480 e. The lowest BCUT2D eigenvalue weighted by Gasteiger charge is -2.21. The summed E-state index contributed by atoms with van der Waals surface area (Å²) in [4.78, 5) is 49.7. The van der Waals surface area contributed by atoms with E-state index in [1.165, 1.54) is 0 Å². The topological polar surface area (TPSA) is 235 Å². The molecule has 0 aromatic rings. The molecule has 26 heavy (non-hydrogen) atoms. The van der Waals surface area contributed by atoms with E-state index in [4.69, 9.17) is 22.3 Å². The van der Waals surface area contributed by atoms with Gasteiger partial charge in [-0.2, -0.15) is 0 Å². The van der Waals surface area contributed by atoms with E-state index in [0.29, 0.717) is 6.42 Å². The fourth-order valence-corrected chi connectivity index (χ4v) is 1.78. The van der Waals surface area contributed by atoms with Crippen LogP contribution in [0.25, 0.3) is 0 Å². The first-order valence-electron chi connectivity index (χ1n) is 7.66. The monoisotopic (exact) mass is 375 g/mol. The van der Waals surface area contributed by atoms with Gasteiger partial charge in [0.15, 0.2) is 5.96 Å². The standard InChI is InChI=1S/C13H25N7O6/c14-4-9(22)19-8(6-21)12(26)20-7(2-1-3-17-13(15)16)11(25)18-5-10(23)24/h7-8,21H,1-6,14H2,(H,18,25)(H,19,22)(H,20,26)(H,23,24)(H4,15,16,17). The first kappa shape index (κ1) is 23.1. The fraction of sp³-hybridized carbons (Fsp3) is 0.615. The van der Waals surface area contributed by atoms with Crippen molar-refractivity contribution < 1.29 is 29.4 Å². The van der Waals surface area contributed by atoms with Crippen molar-refractivity contribution in [2.75, 3.05) is 26.2 Å². The number of amides is 3. The van der Waals surface area contributed by atoms with E-state index in [-0.39, 0.29) is 25.5 Å². The number of guanidine groups is 1. The summed E-state index contributed by atoms with van der Waals surface area (Å²) in [5.74, 6) is -3.63. The van der Waals surface area contributed by atoms with Crippen molar-refractivity contribution >= 4 is 29.7 Å². The van der Waals surface area contributed by atoms with Crippen molar-refractivity contribution in [3.05, 3.63) is 0 Å². The number of carbonyl (C=O) groups is 4. The van der Waals surface area contributed by atoms with Gasteiger partial charge in [0.25, 0.3) is 0 Å². The van der Waals surface area contributed by atoms with Crippen LogP contribution in [-0.4, -0.2) is 78.2 Å². The number of carbonyl (C=O) groups excluding carboxylic acids is 3. The van der Waals surface area contributed by atoms with E-state index in [9.17, 15) is 24.3 Å². The van der Waals surface area contributed by atoms with Gasteiger partial charge in [-0.1, -0.05) is 0 Å². The third-order valence-electron chi connectivity index (χ3n) is 3.01. The summed E-state index contributed by atoms with van der Waals surface area (Å²) in [6, 6.07) is -2.42. The Morgan fingerprint density at radius 2 is 1.69 bits per heavy atom. The molecule has 0 saturated carbocycles. The molecular weight excluding hydrogens is 350 g/mol. The number of hydrogen-bond acceptors (Lipinski definition) is 7. The smallest absolute Gasteiger partial charge is 0.322 e. The highest BCUT2D eigenvalue weighted by Gasteiger charge is 2.26. The zero-order chi connectivity index (χ0) is 20.1. The van der Waals surface area contributed by atoms with Crippen LogP contribution < -0.4 is 33.2 Å². The molecular formula is C13H25N7O6. The SMILES string of the molecule is NCC(=O)NC(CO)C(=O)NC(CCCN=C(N)N)C(=O)NCC(=O)O. The lowest BCUT2D eigenvalue weighted by Crippen LogP contribution is -2.55. The number of aliphatic carboxylic acids is 1. The quantitative estimate of drug-likeness (QED) is 0.0925. The van der Waals surface area contributed by atoms with Gasteiger partial charge in [-0.3, -0.25) is 24.2 Å². The highest BCUT2D eigenvalue weighted by atomic mass is 16.4. The molecule has 2 atom stereocenters. The predicted molar refractivity (Wildman–Crippen MR) is 90.6 cm³/mol. The van der Waals surface area contributed by atoms with Crippen molar-refractivity contribution in [3.63, 3.8) is 0 Å². The average Bonchev–Trinajstić information content (AvgIpc) is 2.59. The van der Waals surface area contributed by atoms with Crippen molar-refractivity contribution in [1.29, 1.82) is 0 Å². The Hall–Kier alpha value is -2.93. The number of aliphatic imine (C=N–C) groups is 1. The second kappa shape index (κ2) is 12.4. The molecule has 0 aliphatic rings. The summed E-state index contributed by atoms with van der Waals surface area (Å²) < 4.78 is 0. The van der Waals surface area contributed by atoms with Gasteiger partial charge < -0.3 is 43.4 Å². The molecule has 0 radical (unpaired) electrons. The number of carboxylic acids is 1. The highest BCUT2D eigenvalue weighted by Crippen LogP contribution is 2.00. The second-order valence-electron chi connectivity index (χ2n) is 5.13. The Kier molecular flexibility index (Phi) is 11.0. The fourth-order valence-electron chi connectivity index (χ4n) is 1.78. The molecule has 2 unspecified atom stereocenters. The maximum Gasteiger partial charge on any atom is 0.322 e. The summed E-state index contributed by atoms with van der Waals surface area (Å²) in [5.41, 5.74) is 15.5. The Balaban J connectivity index is 4.91. The molecule has 11 N–H and O–H groups in total. The van der Waals surface area contributed by atoms with Crippen LogP contribution in [0.1, 0.15) is 12.8 Å². The van der Waals surface area contributed by atoms with Gasteiger partial charge in [-0.05, 0) is 12.8 Å². The van der Waals surface area contributed by atoms with Gasteiger partial charge in [0.05, 0.1) is 13.2 Å². The average molecular weight is 375 g/mol. The molecule has 3 amide bonds. The van der Waals surface area contributed by atoms with Crippen LogP contribution >= 0.6 is 0 Å². The molecule has 0 fully saturated rings. The zero-order valence-corrected chi connectivity index (χ0v) is 14.1. The number of rotatable bonds is 12. The van der Waals surface area contributed by atoms with E-state index >= 15 is 0 Å². The maximum atomic E-state index is 12.1. The number of carboxylic acid groups (broad SMARTS) is 1. The van der Waals surface area contributed by atoms with E-state index in [0.717, 1.165) is 0 Å². The minimum atomic E-state index is -1.31. The number of aliphatic hydroxyl groups excluding tert-OH is 1. The maximum absolute atomic E-state index is 12.1. The summed E-state index contributed by atoms with van der Waals surface area (Å²) in [6.07, 6.45) is 0.402. The molecule has 0 spiro atoms. The van der Waals surface area contributed by atoms with Crippen molar-refractivity contribution in [1.82, 2.24) is 16.0 Å². The van der Waals surface area contributed by atoms with Gasteiger partial charge >= 0.3 is 5.97 Å². The minimum absolute atomic E-state index is 0.0942. The molecule has 0 heterocycles. The third kappa shape index (κ3) is 10.0. The molecule has 148 valence electrons. The van der Waals surface area contributed by atoms with Crippen LogP contribution in [-0.2, 0) is 19.2 Å². The lowest BCUT2D eigenvalue weighted by molar-refractivity contribution is -0.138. The summed E-state index contributed by atoms with van der Waals surface area (Å²) in [7, 11) is 0. The van der Waals surface area contributed by atoms with E-state index < -0.39 is 48.9 Å². The van der Waals surface area contributed by atoms with E-state index in [1.54, 1.807) is 0 Å². The molecule has 13 heteroatoms. The van der Waals surface area contributed by atoms with Gasteiger partial charge in [0, 0.05) is 6.54 Å². The predicted octanol–water partition coefficient (Wildman–Crippen LogP) is -4.84. The molecule has 0 aliphatic carbocycles. The molecule has 13 nitrogen and oxygen atoms in total. The van der Waals surface area contributed by atoms with Crippen LogP contribution in [0, 0.1) is 0 Å². The molecule has 0 aliphatic heterocycles. The highest BCUT2D eigenvalue weighted by molar-refractivity contribution is 5.93. The van der Waals surface area contributed by atoms with Crippen molar-refractivity contribution in [3.8, 4) is 0 Å². The van der Waals surface area contributed by atoms with Crippen LogP contribution in [0.4, 0.5) is 0 Å². The molecule has 0 aromatic carbocycles. The van der Waals surface area contributed by atoms with Gasteiger partial charge in [0.2, 0.25) is 17.7 Å². The Labute approximate surface area is 149 Å². The Morgan fingerprint density at radius 3 is 2.19 bits per heavy atom. The molecule has 0 aromatic heterocycles. The Bertz CT molecular complexity index is 535. The van der Waals surface area contributed by atoms with E-state index in [1.807, 2.05) is 0 Å². The Morgan fingerprint density at radius 1 is 1.04 bits per heavy atom. The van der Waals surface area contributed by atoms with Crippen molar-refractivity contribution in [2.24, 2.45) is 22.2 Å².